The minimum Gasteiger partial charge on any atom is -0.494 e. The molecule has 6 heteroatoms. The Labute approximate surface area is 149 Å². The zero-order valence-corrected chi connectivity index (χ0v) is 14.8. The molecule has 0 bridgehead atoms. The zero-order valence-electron chi connectivity index (χ0n) is 14.8. The Balaban J connectivity index is 1.41. The van der Waals surface area contributed by atoms with Gasteiger partial charge in [-0.05, 0) is 30.7 Å². The summed E-state index contributed by atoms with van der Waals surface area (Å²) in [6.45, 7) is 7.95. The number of benzene rings is 1. The van der Waals surface area contributed by atoms with Crippen molar-refractivity contribution in [2.45, 2.75) is 19.9 Å². The quantitative estimate of drug-likeness (QED) is 0.768. The number of aromatic nitrogens is 2. The summed E-state index contributed by atoms with van der Waals surface area (Å²) in [5, 5.41) is 4.22. The number of carbonyl (C=O) groups is 1. The van der Waals surface area contributed by atoms with Crippen molar-refractivity contribution in [2.75, 3.05) is 39.3 Å². The van der Waals surface area contributed by atoms with Crippen molar-refractivity contribution >= 4 is 5.91 Å². The number of hydrogen-bond acceptors (Lipinski definition) is 4. The summed E-state index contributed by atoms with van der Waals surface area (Å²) in [6, 6.07) is 9.75. The fraction of sp³-hybridized carbons (Fsp3) is 0.474. The molecule has 0 atom stereocenters. The van der Waals surface area contributed by atoms with Crippen LogP contribution in [0, 0.1) is 0 Å². The SMILES string of the molecule is CCOc1ccc(CC(=O)N2CCN(CCn3cccn3)CC2)cc1. The highest BCUT2D eigenvalue weighted by Gasteiger charge is 2.20. The van der Waals surface area contributed by atoms with Gasteiger partial charge in [0.15, 0.2) is 0 Å². The molecule has 2 heterocycles. The van der Waals surface area contributed by atoms with E-state index in [1.54, 1.807) is 6.20 Å². The predicted molar refractivity (Wildman–Crippen MR) is 96.6 cm³/mol. The molecule has 0 radical (unpaired) electrons. The van der Waals surface area contributed by atoms with Crippen LogP contribution in [0.1, 0.15) is 12.5 Å². The average molecular weight is 342 g/mol. The molecule has 1 aliphatic heterocycles. The van der Waals surface area contributed by atoms with Crippen LogP contribution in [0.3, 0.4) is 0 Å². The van der Waals surface area contributed by atoms with Crippen LogP contribution in [0.2, 0.25) is 0 Å². The van der Waals surface area contributed by atoms with Gasteiger partial charge in [-0.1, -0.05) is 12.1 Å². The molecule has 0 spiro atoms. The topological polar surface area (TPSA) is 50.6 Å². The number of piperazine rings is 1. The molecule has 1 aromatic heterocycles. The maximum atomic E-state index is 12.5. The first-order valence-electron chi connectivity index (χ1n) is 8.94. The van der Waals surface area contributed by atoms with Gasteiger partial charge < -0.3 is 9.64 Å². The number of carbonyl (C=O) groups excluding carboxylic acids is 1. The molecular formula is C19H26N4O2. The number of amides is 1. The van der Waals surface area contributed by atoms with E-state index in [0.717, 1.165) is 50.6 Å². The summed E-state index contributed by atoms with van der Waals surface area (Å²) in [5.74, 6) is 1.06. The van der Waals surface area contributed by atoms with E-state index >= 15 is 0 Å². The van der Waals surface area contributed by atoms with Crippen LogP contribution in [0.25, 0.3) is 0 Å². The third-order valence-corrected chi connectivity index (χ3v) is 4.52. The van der Waals surface area contributed by atoms with Crippen molar-refractivity contribution in [3.05, 3.63) is 48.3 Å². The van der Waals surface area contributed by atoms with Crippen LogP contribution in [0.5, 0.6) is 5.75 Å². The van der Waals surface area contributed by atoms with E-state index in [2.05, 4.69) is 10.00 Å². The van der Waals surface area contributed by atoms with Crippen LogP contribution >= 0.6 is 0 Å². The van der Waals surface area contributed by atoms with Crippen LogP contribution in [-0.4, -0.2) is 64.8 Å². The van der Waals surface area contributed by atoms with Crippen molar-refractivity contribution in [1.29, 1.82) is 0 Å². The maximum absolute atomic E-state index is 12.5. The van der Waals surface area contributed by atoms with Gasteiger partial charge in [0.1, 0.15) is 5.75 Å². The molecule has 1 fully saturated rings. The van der Waals surface area contributed by atoms with E-state index in [-0.39, 0.29) is 5.91 Å². The summed E-state index contributed by atoms with van der Waals surface area (Å²) in [4.78, 5) is 16.9. The van der Waals surface area contributed by atoms with Gasteiger partial charge in [-0.25, -0.2) is 0 Å². The molecule has 1 aliphatic rings. The van der Waals surface area contributed by atoms with Gasteiger partial charge in [0.05, 0.1) is 19.6 Å². The van der Waals surface area contributed by atoms with Crippen molar-refractivity contribution in [3.63, 3.8) is 0 Å². The number of rotatable bonds is 7. The van der Waals surface area contributed by atoms with Gasteiger partial charge in [-0.3, -0.25) is 14.4 Å². The molecule has 3 rings (SSSR count). The largest absolute Gasteiger partial charge is 0.494 e. The Morgan fingerprint density at radius 2 is 1.88 bits per heavy atom. The standard InChI is InChI=1S/C19H26N4O2/c1-2-25-18-6-4-17(5-7-18)16-19(24)22-13-10-21(11-14-22)12-15-23-9-3-8-20-23/h3-9H,2,10-16H2,1H3. The van der Waals surface area contributed by atoms with Crippen LogP contribution in [-0.2, 0) is 17.8 Å². The van der Waals surface area contributed by atoms with Crippen LogP contribution in [0.4, 0.5) is 0 Å². The van der Waals surface area contributed by atoms with E-state index in [1.807, 2.05) is 53.0 Å². The lowest BCUT2D eigenvalue weighted by Gasteiger charge is -2.34. The average Bonchev–Trinajstić information content (AvgIpc) is 3.16. The molecule has 6 nitrogen and oxygen atoms in total. The van der Waals surface area contributed by atoms with Crippen molar-refractivity contribution in [1.82, 2.24) is 19.6 Å². The number of hydrogen-bond donors (Lipinski definition) is 0. The van der Waals surface area contributed by atoms with E-state index in [1.165, 1.54) is 0 Å². The zero-order chi connectivity index (χ0) is 17.5. The van der Waals surface area contributed by atoms with Gasteiger partial charge in [0, 0.05) is 45.1 Å². The summed E-state index contributed by atoms with van der Waals surface area (Å²) in [6.07, 6.45) is 4.24. The lowest BCUT2D eigenvalue weighted by Crippen LogP contribution is -2.49. The molecular weight excluding hydrogens is 316 g/mol. The summed E-state index contributed by atoms with van der Waals surface area (Å²) >= 11 is 0. The van der Waals surface area contributed by atoms with Crippen LogP contribution < -0.4 is 4.74 Å². The molecule has 0 N–H and O–H groups in total. The lowest BCUT2D eigenvalue weighted by molar-refractivity contribution is -0.132. The van der Waals surface area contributed by atoms with Gasteiger partial charge in [0.25, 0.3) is 0 Å². The maximum Gasteiger partial charge on any atom is 0.227 e. The smallest absolute Gasteiger partial charge is 0.227 e. The van der Waals surface area contributed by atoms with Crippen molar-refractivity contribution in [2.24, 2.45) is 0 Å². The Morgan fingerprint density at radius 1 is 1.12 bits per heavy atom. The second kappa shape index (κ2) is 8.67. The number of nitrogens with zero attached hydrogens (tertiary/aromatic N) is 4. The van der Waals surface area contributed by atoms with Gasteiger partial charge in [0.2, 0.25) is 5.91 Å². The Hall–Kier alpha value is -2.34. The summed E-state index contributed by atoms with van der Waals surface area (Å²) < 4.78 is 7.38. The van der Waals surface area contributed by atoms with E-state index in [4.69, 9.17) is 4.74 Å². The first-order chi connectivity index (χ1) is 12.2. The van der Waals surface area contributed by atoms with Gasteiger partial charge in [-0.2, -0.15) is 5.10 Å². The minimum absolute atomic E-state index is 0.205. The van der Waals surface area contributed by atoms with E-state index < -0.39 is 0 Å². The fourth-order valence-corrected chi connectivity index (χ4v) is 3.05. The highest BCUT2D eigenvalue weighted by atomic mass is 16.5. The normalized spacial score (nSPS) is 15.3. The molecule has 25 heavy (non-hydrogen) atoms. The molecule has 2 aromatic rings. The van der Waals surface area contributed by atoms with Crippen LogP contribution in [0.15, 0.2) is 42.7 Å². The molecule has 1 aromatic carbocycles. The molecule has 1 saturated heterocycles. The van der Waals surface area contributed by atoms with Crippen molar-refractivity contribution < 1.29 is 9.53 Å². The third kappa shape index (κ3) is 5.06. The first kappa shape index (κ1) is 17.5. The Bertz CT molecular complexity index is 647. The van der Waals surface area contributed by atoms with E-state index in [0.29, 0.717) is 13.0 Å². The highest BCUT2D eigenvalue weighted by molar-refractivity contribution is 5.78. The van der Waals surface area contributed by atoms with Gasteiger partial charge in [-0.15, -0.1) is 0 Å². The van der Waals surface area contributed by atoms with Crippen molar-refractivity contribution in [3.8, 4) is 5.75 Å². The lowest BCUT2D eigenvalue weighted by atomic mass is 10.1. The Kier molecular flexibility index (Phi) is 6.06. The molecule has 0 unspecified atom stereocenters. The summed E-state index contributed by atoms with van der Waals surface area (Å²) in [5.41, 5.74) is 1.04. The predicted octanol–water partition coefficient (Wildman–Crippen LogP) is 1.67. The first-order valence-corrected chi connectivity index (χ1v) is 8.94. The number of ether oxygens (including phenoxy) is 1. The van der Waals surface area contributed by atoms with E-state index in [9.17, 15) is 4.79 Å². The molecule has 0 aliphatic carbocycles. The highest BCUT2D eigenvalue weighted by Crippen LogP contribution is 2.13. The summed E-state index contributed by atoms with van der Waals surface area (Å²) in [7, 11) is 0. The molecule has 1 amide bonds. The second-order valence-corrected chi connectivity index (χ2v) is 6.25. The second-order valence-electron chi connectivity index (χ2n) is 6.25. The molecule has 134 valence electrons. The molecule has 0 saturated carbocycles. The monoisotopic (exact) mass is 342 g/mol. The minimum atomic E-state index is 0.205. The third-order valence-electron chi connectivity index (χ3n) is 4.52. The van der Waals surface area contributed by atoms with Gasteiger partial charge >= 0.3 is 0 Å². The Morgan fingerprint density at radius 3 is 2.52 bits per heavy atom. The fourth-order valence-electron chi connectivity index (χ4n) is 3.05.